The van der Waals surface area contributed by atoms with Gasteiger partial charge in [-0.2, -0.15) is 0 Å². The third-order valence-electron chi connectivity index (χ3n) is 3.63. The lowest BCUT2D eigenvalue weighted by atomic mass is 10.1. The highest BCUT2D eigenvalue weighted by atomic mass is 32.2. The summed E-state index contributed by atoms with van der Waals surface area (Å²) in [5.41, 5.74) is 1.71. The normalized spacial score (nSPS) is 11.1. The number of hydrogen-bond donors (Lipinski definition) is 2. The Morgan fingerprint density at radius 2 is 1.77 bits per heavy atom. The number of rotatable bonds is 6. The van der Waals surface area contributed by atoms with Crippen molar-refractivity contribution in [1.29, 1.82) is 0 Å². The van der Waals surface area contributed by atoms with Crippen LogP contribution in [0.15, 0.2) is 84.0 Å². The van der Waals surface area contributed by atoms with Crippen LogP contribution >= 0.6 is 0 Å². The summed E-state index contributed by atoms with van der Waals surface area (Å²) in [6, 6.07) is 18.4. The first-order valence-electron chi connectivity index (χ1n) is 7.90. The summed E-state index contributed by atoms with van der Waals surface area (Å²) in [7, 11) is -3.60. The quantitative estimate of drug-likeness (QED) is 0.701. The Balaban J connectivity index is 1.69. The van der Waals surface area contributed by atoms with E-state index < -0.39 is 10.0 Å². The molecule has 7 heteroatoms. The fourth-order valence-corrected chi connectivity index (χ4v) is 3.36. The third kappa shape index (κ3) is 4.53. The molecule has 0 aliphatic carbocycles. The van der Waals surface area contributed by atoms with Crippen LogP contribution in [0.4, 0.5) is 5.69 Å². The molecule has 0 unspecified atom stereocenters. The summed E-state index contributed by atoms with van der Waals surface area (Å²) < 4.78 is 27.1. The standard InChI is InChI=1S/C19H17N3O3S/c23-19(22-17-8-5-11-20-14-17)16-7-4-6-15(12-16)13-21-26(24,25)18-9-2-1-3-10-18/h1-12,14,21H,13H2,(H,22,23). The van der Waals surface area contributed by atoms with Gasteiger partial charge >= 0.3 is 0 Å². The lowest BCUT2D eigenvalue weighted by Crippen LogP contribution is -2.23. The van der Waals surface area contributed by atoms with Crippen molar-refractivity contribution in [2.45, 2.75) is 11.4 Å². The number of carbonyl (C=O) groups is 1. The summed E-state index contributed by atoms with van der Waals surface area (Å²) in [4.78, 5) is 16.5. The second-order valence-electron chi connectivity index (χ2n) is 5.53. The minimum absolute atomic E-state index is 0.0885. The number of nitrogens with one attached hydrogen (secondary N) is 2. The predicted octanol–water partition coefficient (Wildman–Crippen LogP) is 2.81. The number of sulfonamides is 1. The van der Waals surface area contributed by atoms with Crippen LogP contribution in [0.25, 0.3) is 0 Å². The van der Waals surface area contributed by atoms with E-state index in [0.717, 1.165) is 0 Å². The van der Waals surface area contributed by atoms with Crippen molar-refractivity contribution in [3.05, 3.63) is 90.3 Å². The minimum Gasteiger partial charge on any atom is -0.321 e. The van der Waals surface area contributed by atoms with Crippen LogP contribution in [-0.2, 0) is 16.6 Å². The van der Waals surface area contributed by atoms with E-state index >= 15 is 0 Å². The third-order valence-corrected chi connectivity index (χ3v) is 5.05. The zero-order chi connectivity index (χ0) is 18.4. The van der Waals surface area contributed by atoms with Gasteiger partial charge in [-0.25, -0.2) is 13.1 Å². The smallest absolute Gasteiger partial charge is 0.255 e. The molecule has 3 aromatic rings. The van der Waals surface area contributed by atoms with E-state index in [2.05, 4.69) is 15.0 Å². The van der Waals surface area contributed by atoms with Crippen LogP contribution in [0.3, 0.4) is 0 Å². The maximum Gasteiger partial charge on any atom is 0.255 e. The summed E-state index contributed by atoms with van der Waals surface area (Å²) in [6.45, 7) is 0.0885. The fourth-order valence-electron chi connectivity index (χ4n) is 2.32. The number of hydrogen-bond acceptors (Lipinski definition) is 4. The Bertz CT molecular complexity index is 991. The van der Waals surface area contributed by atoms with Gasteiger partial charge in [-0.3, -0.25) is 9.78 Å². The van der Waals surface area contributed by atoms with Gasteiger partial charge in [-0.1, -0.05) is 30.3 Å². The molecule has 2 aromatic carbocycles. The second-order valence-corrected chi connectivity index (χ2v) is 7.30. The molecule has 0 radical (unpaired) electrons. The molecule has 0 aliphatic heterocycles. The minimum atomic E-state index is -3.60. The first kappa shape index (κ1) is 17.8. The molecule has 0 spiro atoms. The van der Waals surface area contributed by atoms with Crippen molar-refractivity contribution in [2.24, 2.45) is 0 Å². The molecule has 1 heterocycles. The Labute approximate surface area is 152 Å². The summed E-state index contributed by atoms with van der Waals surface area (Å²) in [5.74, 6) is -0.286. The second kappa shape index (κ2) is 7.90. The number of anilines is 1. The Morgan fingerprint density at radius 3 is 2.50 bits per heavy atom. The first-order valence-corrected chi connectivity index (χ1v) is 9.38. The van der Waals surface area contributed by atoms with Gasteiger partial charge in [0.05, 0.1) is 16.8 Å². The highest BCUT2D eigenvalue weighted by Gasteiger charge is 2.13. The maximum atomic E-state index is 12.3. The average molecular weight is 367 g/mol. The topological polar surface area (TPSA) is 88.2 Å². The molecular weight excluding hydrogens is 350 g/mol. The number of carbonyl (C=O) groups excluding carboxylic acids is 1. The molecule has 1 aromatic heterocycles. The summed E-state index contributed by atoms with van der Waals surface area (Å²) in [6.07, 6.45) is 3.17. The van der Waals surface area contributed by atoms with Crippen LogP contribution in [0.2, 0.25) is 0 Å². The zero-order valence-electron chi connectivity index (χ0n) is 13.8. The molecule has 0 saturated carbocycles. The van der Waals surface area contributed by atoms with Gasteiger partial charge in [0.1, 0.15) is 0 Å². The van der Waals surface area contributed by atoms with Crippen molar-refractivity contribution < 1.29 is 13.2 Å². The molecular formula is C19H17N3O3S. The van der Waals surface area contributed by atoms with Crippen molar-refractivity contribution in [3.8, 4) is 0 Å². The number of nitrogens with zero attached hydrogens (tertiary/aromatic N) is 1. The molecule has 0 saturated heterocycles. The van der Waals surface area contributed by atoms with E-state index in [-0.39, 0.29) is 17.3 Å². The van der Waals surface area contributed by atoms with Crippen LogP contribution in [0, 0.1) is 0 Å². The van der Waals surface area contributed by atoms with Gasteiger partial charge in [-0.05, 0) is 42.0 Å². The average Bonchev–Trinajstić information content (AvgIpc) is 2.68. The zero-order valence-corrected chi connectivity index (χ0v) is 14.6. The van der Waals surface area contributed by atoms with Crippen LogP contribution in [-0.4, -0.2) is 19.3 Å². The molecule has 0 atom stereocenters. The van der Waals surface area contributed by atoms with Crippen molar-refractivity contribution in [2.75, 3.05) is 5.32 Å². The molecule has 132 valence electrons. The summed E-state index contributed by atoms with van der Waals surface area (Å²) >= 11 is 0. The van der Waals surface area contributed by atoms with Crippen LogP contribution in [0.1, 0.15) is 15.9 Å². The predicted molar refractivity (Wildman–Crippen MR) is 99.1 cm³/mol. The molecule has 1 amide bonds. The van der Waals surface area contributed by atoms with Gasteiger partial charge in [0.25, 0.3) is 5.91 Å². The van der Waals surface area contributed by atoms with Crippen LogP contribution < -0.4 is 10.0 Å². The van der Waals surface area contributed by atoms with Gasteiger partial charge in [0, 0.05) is 18.3 Å². The van der Waals surface area contributed by atoms with Gasteiger partial charge in [0.2, 0.25) is 10.0 Å². The van der Waals surface area contributed by atoms with E-state index in [9.17, 15) is 13.2 Å². The number of aromatic nitrogens is 1. The van der Waals surface area contributed by atoms with Crippen LogP contribution in [0.5, 0.6) is 0 Å². The van der Waals surface area contributed by atoms with E-state index in [0.29, 0.717) is 16.8 Å². The van der Waals surface area contributed by atoms with Crippen molar-refractivity contribution in [1.82, 2.24) is 9.71 Å². The lowest BCUT2D eigenvalue weighted by molar-refractivity contribution is 0.102. The highest BCUT2D eigenvalue weighted by molar-refractivity contribution is 7.89. The Kier molecular flexibility index (Phi) is 5.40. The molecule has 2 N–H and O–H groups in total. The molecule has 6 nitrogen and oxygen atoms in total. The monoisotopic (exact) mass is 367 g/mol. The van der Waals surface area contributed by atoms with E-state index in [1.54, 1.807) is 67.0 Å². The van der Waals surface area contributed by atoms with Gasteiger partial charge in [-0.15, -0.1) is 0 Å². The fraction of sp³-hybridized carbons (Fsp3) is 0.0526. The summed E-state index contributed by atoms with van der Waals surface area (Å²) in [5, 5.41) is 2.74. The largest absolute Gasteiger partial charge is 0.321 e. The highest BCUT2D eigenvalue weighted by Crippen LogP contribution is 2.12. The molecule has 0 fully saturated rings. The Morgan fingerprint density at radius 1 is 0.962 bits per heavy atom. The van der Waals surface area contributed by atoms with Crippen molar-refractivity contribution in [3.63, 3.8) is 0 Å². The number of pyridine rings is 1. The SMILES string of the molecule is O=C(Nc1cccnc1)c1cccc(CNS(=O)(=O)c2ccccc2)c1. The molecule has 0 aliphatic rings. The van der Waals surface area contributed by atoms with E-state index in [1.165, 1.54) is 12.1 Å². The van der Waals surface area contributed by atoms with Gasteiger partial charge in [0.15, 0.2) is 0 Å². The number of benzene rings is 2. The van der Waals surface area contributed by atoms with Crippen molar-refractivity contribution >= 4 is 21.6 Å². The van der Waals surface area contributed by atoms with E-state index in [4.69, 9.17) is 0 Å². The molecule has 0 bridgehead atoms. The Hall–Kier alpha value is -3.03. The first-order chi connectivity index (χ1) is 12.5. The molecule has 26 heavy (non-hydrogen) atoms. The maximum absolute atomic E-state index is 12.3. The number of amides is 1. The molecule has 3 rings (SSSR count). The van der Waals surface area contributed by atoms with Gasteiger partial charge < -0.3 is 5.32 Å². The van der Waals surface area contributed by atoms with E-state index in [1.807, 2.05) is 0 Å². The lowest BCUT2D eigenvalue weighted by Gasteiger charge is -2.09.